The predicted molar refractivity (Wildman–Crippen MR) is 135 cm³/mol. The molecule has 0 radical (unpaired) electrons. The predicted octanol–water partition coefficient (Wildman–Crippen LogP) is 4.35. The van der Waals surface area contributed by atoms with Gasteiger partial charge in [0.1, 0.15) is 0 Å². The summed E-state index contributed by atoms with van der Waals surface area (Å²) >= 11 is 7.66. The number of nitrogens with zero attached hydrogens (tertiary/aromatic N) is 1. The Morgan fingerprint density at radius 1 is 1.03 bits per heavy atom. The molecule has 160 valence electrons. The van der Waals surface area contributed by atoms with Crippen LogP contribution in [-0.2, 0) is 22.1 Å². The number of aliphatic imine (C=N–C) groups is 1. The van der Waals surface area contributed by atoms with Crippen molar-refractivity contribution in [3.05, 3.63) is 64.7 Å². The van der Waals surface area contributed by atoms with Crippen LogP contribution in [0.25, 0.3) is 0 Å². The molecule has 0 aliphatic heterocycles. The van der Waals surface area contributed by atoms with Gasteiger partial charge in [0.2, 0.25) is 0 Å². The average molecular weight is 568 g/mol. The lowest BCUT2D eigenvalue weighted by molar-refractivity contribution is 0.601. The fourth-order valence-corrected chi connectivity index (χ4v) is 4.12. The number of benzene rings is 2. The van der Waals surface area contributed by atoms with Gasteiger partial charge in [-0.05, 0) is 42.3 Å². The molecule has 2 aromatic rings. The van der Waals surface area contributed by atoms with Crippen LogP contribution in [0.3, 0.4) is 0 Å². The van der Waals surface area contributed by atoms with Gasteiger partial charge in [0, 0.05) is 35.0 Å². The van der Waals surface area contributed by atoms with Gasteiger partial charge in [0.05, 0.1) is 12.3 Å². The summed E-state index contributed by atoms with van der Waals surface area (Å²) in [5.74, 6) is 1.73. The van der Waals surface area contributed by atoms with Crippen LogP contribution in [0.4, 0.5) is 0 Å². The lowest BCUT2D eigenvalue weighted by Crippen LogP contribution is -2.38. The summed E-state index contributed by atoms with van der Waals surface area (Å²) in [7, 11) is -3.01. The molecule has 0 bridgehead atoms. The number of rotatable bonds is 9. The van der Waals surface area contributed by atoms with E-state index in [0.717, 1.165) is 41.0 Å². The standard InChI is InChI=1S/C20H26ClN3O2S2.HI/c1-3-22-20(23-12-13-27-19-10-8-18(21)9-11-19)24-14-16-4-6-17(7-5-16)15-28(2,25)26;/h4-11H,3,12-15H2,1-2H3,(H2,22,23,24);1H. The van der Waals surface area contributed by atoms with Crippen molar-refractivity contribution < 1.29 is 8.42 Å². The number of halogens is 2. The van der Waals surface area contributed by atoms with Gasteiger partial charge in [-0.1, -0.05) is 35.9 Å². The Morgan fingerprint density at radius 3 is 2.24 bits per heavy atom. The van der Waals surface area contributed by atoms with Crippen LogP contribution < -0.4 is 10.6 Å². The first-order chi connectivity index (χ1) is 13.4. The Morgan fingerprint density at radius 2 is 1.66 bits per heavy atom. The molecular weight excluding hydrogens is 541 g/mol. The zero-order valence-corrected chi connectivity index (χ0v) is 21.2. The van der Waals surface area contributed by atoms with Crippen LogP contribution in [0.5, 0.6) is 0 Å². The van der Waals surface area contributed by atoms with Gasteiger partial charge in [-0.3, -0.25) is 0 Å². The molecular formula is C20H27ClIN3O2S2. The van der Waals surface area contributed by atoms with Crippen molar-refractivity contribution in [2.75, 3.05) is 25.1 Å². The van der Waals surface area contributed by atoms with E-state index in [4.69, 9.17) is 11.6 Å². The number of thioether (sulfide) groups is 1. The van der Waals surface area contributed by atoms with Gasteiger partial charge in [0.25, 0.3) is 0 Å². The van der Waals surface area contributed by atoms with Crippen LogP contribution >= 0.6 is 47.3 Å². The molecule has 5 nitrogen and oxygen atoms in total. The van der Waals surface area contributed by atoms with Crippen molar-refractivity contribution in [2.24, 2.45) is 4.99 Å². The molecule has 9 heteroatoms. The van der Waals surface area contributed by atoms with Crippen LogP contribution in [-0.4, -0.2) is 39.5 Å². The second-order valence-electron chi connectivity index (χ2n) is 6.31. The molecule has 0 aliphatic carbocycles. The zero-order chi connectivity index (χ0) is 20.4. The fourth-order valence-electron chi connectivity index (χ4n) is 2.42. The first-order valence-electron chi connectivity index (χ1n) is 9.02. The van der Waals surface area contributed by atoms with E-state index in [1.165, 1.54) is 11.2 Å². The van der Waals surface area contributed by atoms with Crippen LogP contribution in [0.15, 0.2) is 58.4 Å². The minimum atomic E-state index is -3.01. The topological polar surface area (TPSA) is 70.6 Å². The minimum absolute atomic E-state index is 0. The number of hydrogen-bond donors (Lipinski definition) is 2. The second-order valence-corrected chi connectivity index (χ2v) is 10.1. The lowest BCUT2D eigenvalue weighted by Gasteiger charge is -2.11. The first kappa shape index (κ1) is 26.1. The average Bonchev–Trinajstić information content (AvgIpc) is 2.64. The van der Waals surface area contributed by atoms with Gasteiger partial charge < -0.3 is 10.6 Å². The number of hydrogen-bond acceptors (Lipinski definition) is 4. The Balaban J connectivity index is 0.00000420. The van der Waals surface area contributed by atoms with Gasteiger partial charge >= 0.3 is 0 Å². The van der Waals surface area contributed by atoms with Crippen molar-refractivity contribution in [1.82, 2.24) is 10.6 Å². The van der Waals surface area contributed by atoms with Gasteiger partial charge in [0.15, 0.2) is 15.8 Å². The molecule has 0 amide bonds. The quantitative estimate of drug-likeness (QED) is 0.155. The maximum absolute atomic E-state index is 11.4. The monoisotopic (exact) mass is 567 g/mol. The Labute approximate surface area is 200 Å². The van der Waals surface area contributed by atoms with Gasteiger partial charge in [-0.2, -0.15) is 0 Å². The van der Waals surface area contributed by atoms with Crippen molar-refractivity contribution in [3.63, 3.8) is 0 Å². The van der Waals surface area contributed by atoms with E-state index in [0.29, 0.717) is 6.54 Å². The van der Waals surface area contributed by atoms with E-state index in [-0.39, 0.29) is 29.7 Å². The van der Waals surface area contributed by atoms with Crippen molar-refractivity contribution in [2.45, 2.75) is 24.1 Å². The largest absolute Gasteiger partial charge is 0.357 e. The van der Waals surface area contributed by atoms with E-state index in [9.17, 15) is 8.42 Å². The molecule has 2 aromatic carbocycles. The van der Waals surface area contributed by atoms with Crippen LogP contribution in [0, 0.1) is 0 Å². The van der Waals surface area contributed by atoms with Crippen LogP contribution in [0.1, 0.15) is 18.1 Å². The van der Waals surface area contributed by atoms with Crippen molar-refractivity contribution in [1.29, 1.82) is 0 Å². The summed E-state index contributed by atoms with van der Waals surface area (Å²) in [4.78, 5) is 5.78. The Hall–Kier alpha value is -0.970. The summed E-state index contributed by atoms with van der Waals surface area (Å²) in [6.45, 7) is 4.12. The molecule has 0 saturated heterocycles. The summed E-state index contributed by atoms with van der Waals surface area (Å²) < 4.78 is 22.7. The van der Waals surface area contributed by atoms with E-state index in [2.05, 4.69) is 15.6 Å². The smallest absolute Gasteiger partial charge is 0.191 e. The highest BCUT2D eigenvalue weighted by atomic mass is 127. The van der Waals surface area contributed by atoms with E-state index >= 15 is 0 Å². The first-order valence-corrected chi connectivity index (χ1v) is 12.4. The Bertz CT molecular complexity index is 874. The third-order valence-electron chi connectivity index (χ3n) is 3.69. The summed E-state index contributed by atoms with van der Waals surface area (Å²) in [6, 6.07) is 15.3. The number of guanidine groups is 1. The number of sulfone groups is 1. The molecule has 29 heavy (non-hydrogen) atoms. The molecule has 0 fully saturated rings. The molecule has 0 aromatic heterocycles. The van der Waals surface area contributed by atoms with Crippen LogP contribution in [0.2, 0.25) is 5.02 Å². The molecule has 2 rings (SSSR count). The maximum Gasteiger partial charge on any atom is 0.191 e. The lowest BCUT2D eigenvalue weighted by atomic mass is 10.1. The summed E-state index contributed by atoms with van der Waals surface area (Å²) in [6.07, 6.45) is 1.24. The summed E-state index contributed by atoms with van der Waals surface area (Å²) in [5, 5.41) is 7.31. The van der Waals surface area contributed by atoms with E-state index in [1.807, 2.05) is 55.5 Å². The van der Waals surface area contributed by atoms with E-state index < -0.39 is 9.84 Å². The number of nitrogens with one attached hydrogen (secondary N) is 2. The molecule has 2 N–H and O–H groups in total. The fraction of sp³-hybridized carbons (Fsp3) is 0.350. The summed E-state index contributed by atoms with van der Waals surface area (Å²) in [5.41, 5.74) is 1.82. The van der Waals surface area contributed by atoms with Gasteiger partial charge in [-0.25, -0.2) is 13.4 Å². The second kappa shape index (κ2) is 13.4. The third-order valence-corrected chi connectivity index (χ3v) is 5.82. The molecule has 0 aliphatic rings. The highest BCUT2D eigenvalue weighted by Crippen LogP contribution is 2.19. The van der Waals surface area contributed by atoms with Crippen molar-refractivity contribution >= 4 is 63.1 Å². The Kier molecular flexibility index (Phi) is 12.0. The molecule has 0 saturated carbocycles. The highest BCUT2D eigenvalue weighted by Gasteiger charge is 2.04. The molecule has 0 spiro atoms. The normalized spacial score (nSPS) is 11.6. The third kappa shape index (κ3) is 11.1. The highest BCUT2D eigenvalue weighted by molar-refractivity contribution is 14.0. The minimum Gasteiger partial charge on any atom is -0.357 e. The van der Waals surface area contributed by atoms with Crippen molar-refractivity contribution in [3.8, 4) is 0 Å². The zero-order valence-electron chi connectivity index (χ0n) is 16.5. The van der Waals surface area contributed by atoms with E-state index in [1.54, 1.807) is 11.8 Å². The van der Waals surface area contributed by atoms with Gasteiger partial charge in [-0.15, -0.1) is 35.7 Å². The SMILES string of the molecule is CCNC(=NCc1ccc(CS(C)(=O)=O)cc1)NCCSc1ccc(Cl)cc1.I. The molecule has 0 atom stereocenters. The molecule has 0 heterocycles. The maximum atomic E-state index is 11.4. The molecule has 0 unspecified atom stereocenters.